The zero-order chi connectivity index (χ0) is 23.3. The summed E-state index contributed by atoms with van der Waals surface area (Å²) in [4.78, 5) is 40.5. The predicted molar refractivity (Wildman–Crippen MR) is 117 cm³/mol. The summed E-state index contributed by atoms with van der Waals surface area (Å²) in [5, 5.41) is 3.44. The highest BCUT2D eigenvalue weighted by atomic mass is 19.1. The van der Waals surface area contributed by atoms with Crippen molar-refractivity contribution in [2.24, 2.45) is 0 Å². The standard InChI is InChI=1S/C24H25FN2O5/c1-24(2,3)32-23(30)27-20(12-16-13-26-19-7-5-4-6-18(16)19)22(29)31-14-21(28)15-8-10-17(25)11-9-15/h4-11,13,20,26H,12,14H2,1-3H3,(H,27,30)/t20-/m0/s1. The van der Waals surface area contributed by atoms with E-state index in [4.69, 9.17) is 9.47 Å². The monoisotopic (exact) mass is 440 g/mol. The number of Topliss-reactive ketones (excluding diaryl/α,β-unsaturated/α-hetero) is 1. The lowest BCUT2D eigenvalue weighted by molar-refractivity contribution is -0.145. The number of carbonyl (C=O) groups is 3. The van der Waals surface area contributed by atoms with Crippen molar-refractivity contribution in [1.29, 1.82) is 0 Å². The molecule has 1 heterocycles. The third-order valence-electron chi connectivity index (χ3n) is 4.59. The molecule has 1 aromatic heterocycles. The van der Waals surface area contributed by atoms with Crippen LogP contribution in [0.15, 0.2) is 54.7 Å². The fourth-order valence-electron chi connectivity index (χ4n) is 3.12. The summed E-state index contributed by atoms with van der Waals surface area (Å²) in [6, 6.07) is 11.4. The van der Waals surface area contributed by atoms with Gasteiger partial charge < -0.3 is 19.8 Å². The summed E-state index contributed by atoms with van der Waals surface area (Å²) in [6.07, 6.45) is 1.11. The van der Waals surface area contributed by atoms with Crippen LogP contribution in [-0.4, -0.2) is 41.1 Å². The van der Waals surface area contributed by atoms with Crippen LogP contribution in [0.4, 0.5) is 9.18 Å². The molecule has 3 aromatic rings. The van der Waals surface area contributed by atoms with Crippen LogP contribution >= 0.6 is 0 Å². The van der Waals surface area contributed by atoms with E-state index in [1.807, 2.05) is 24.3 Å². The smallest absolute Gasteiger partial charge is 0.408 e. The maximum absolute atomic E-state index is 13.0. The third kappa shape index (κ3) is 6.16. The van der Waals surface area contributed by atoms with Crippen LogP contribution in [-0.2, 0) is 20.7 Å². The Hall–Kier alpha value is -3.68. The lowest BCUT2D eigenvalue weighted by atomic mass is 10.1. The second-order valence-electron chi connectivity index (χ2n) is 8.30. The molecule has 0 spiro atoms. The van der Waals surface area contributed by atoms with Gasteiger partial charge in [-0.1, -0.05) is 18.2 Å². The summed E-state index contributed by atoms with van der Waals surface area (Å²) in [7, 11) is 0. The number of ether oxygens (including phenoxy) is 2. The molecule has 0 aliphatic heterocycles. The van der Waals surface area contributed by atoms with E-state index in [0.29, 0.717) is 0 Å². The molecule has 1 amide bonds. The molecule has 0 aliphatic carbocycles. The first-order valence-corrected chi connectivity index (χ1v) is 10.1. The van der Waals surface area contributed by atoms with Gasteiger partial charge in [0.05, 0.1) is 0 Å². The lowest BCUT2D eigenvalue weighted by Gasteiger charge is -2.23. The number of hydrogen-bond acceptors (Lipinski definition) is 5. The first kappa shape index (κ1) is 23.0. The highest BCUT2D eigenvalue weighted by Gasteiger charge is 2.27. The number of aromatic nitrogens is 1. The van der Waals surface area contributed by atoms with Crippen molar-refractivity contribution in [3.8, 4) is 0 Å². The molecule has 168 valence electrons. The predicted octanol–water partition coefficient (Wildman–Crippen LogP) is 4.17. The second kappa shape index (κ2) is 9.64. The largest absolute Gasteiger partial charge is 0.456 e. The van der Waals surface area contributed by atoms with Crippen molar-refractivity contribution >= 4 is 28.7 Å². The summed E-state index contributed by atoms with van der Waals surface area (Å²) >= 11 is 0. The Kier molecular flexibility index (Phi) is 6.92. The topological polar surface area (TPSA) is 97.5 Å². The molecule has 0 bridgehead atoms. The number of rotatable bonds is 7. The van der Waals surface area contributed by atoms with Gasteiger partial charge in [0, 0.05) is 29.1 Å². The molecule has 0 unspecified atom stereocenters. The van der Waals surface area contributed by atoms with Gasteiger partial charge in [0.1, 0.15) is 17.5 Å². The van der Waals surface area contributed by atoms with E-state index < -0.39 is 41.9 Å². The summed E-state index contributed by atoms with van der Waals surface area (Å²) in [5.41, 5.74) is 1.15. The normalized spacial score (nSPS) is 12.2. The Morgan fingerprint density at radius 2 is 1.75 bits per heavy atom. The molecule has 1 atom stereocenters. The highest BCUT2D eigenvalue weighted by molar-refractivity contribution is 5.98. The van der Waals surface area contributed by atoms with Crippen molar-refractivity contribution < 1.29 is 28.2 Å². The van der Waals surface area contributed by atoms with E-state index in [1.165, 1.54) is 12.1 Å². The van der Waals surface area contributed by atoms with Gasteiger partial charge in [-0.25, -0.2) is 14.0 Å². The van der Waals surface area contributed by atoms with Gasteiger partial charge in [-0.3, -0.25) is 4.79 Å². The minimum absolute atomic E-state index is 0.132. The first-order valence-electron chi connectivity index (χ1n) is 10.1. The van der Waals surface area contributed by atoms with Gasteiger partial charge >= 0.3 is 12.1 Å². The Morgan fingerprint density at radius 1 is 1.06 bits per heavy atom. The number of aromatic amines is 1. The molecule has 3 rings (SSSR count). The number of fused-ring (bicyclic) bond motifs is 1. The Balaban J connectivity index is 1.73. The zero-order valence-electron chi connectivity index (χ0n) is 18.1. The van der Waals surface area contributed by atoms with Gasteiger partial charge in [-0.15, -0.1) is 0 Å². The molecule has 0 aliphatic rings. The Labute approximate surface area is 184 Å². The van der Waals surface area contributed by atoms with Crippen molar-refractivity contribution in [1.82, 2.24) is 10.3 Å². The fraction of sp³-hybridized carbons (Fsp3) is 0.292. The molecule has 0 saturated heterocycles. The second-order valence-corrected chi connectivity index (χ2v) is 8.30. The van der Waals surface area contributed by atoms with Crippen molar-refractivity contribution in [2.75, 3.05) is 6.61 Å². The minimum Gasteiger partial charge on any atom is -0.456 e. The van der Waals surface area contributed by atoms with Crippen molar-refractivity contribution in [2.45, 2.75) is 38.8 Å². The van der Waals surface area contributed by atoms with Crippen LogP contribution in [0.25, 0.3) is 10.9 Å². The number of halogens is 1. The van der Waals surface area contributed by atoms with Crippen LogP contribution in [0.1, 0.15) is 36.7 Å². The van der Waals surface area contributed by atoms with E-state index in [9.17, 15) is 18.8 Å². The molecule has 0 radical (unpaired) electrons. The number of amides is 1. The zero-order valence-corrected chi connectivity index (χ0v) is 18.1. The Bertz CT molecular complexity index is 1120. The third-order valence-corrected chi connectivity index (χ3v) is 4.59. The average Bonchev–Trinajstić information content (AvgIpc) is 3.13. The maximum Gasteiger partial charge on any atom is 0.408 e. The number of esters is 1. The van der Waals surface area contributed by atoms with Gasteiger partial charge in [-0.2, -0.15) is 0 Å². The molecular formula is C24H25FN2O5. The molecule has 2 aromatic carbocycles. The van der Waals surface area contributed by atoms with Gasteiger partial charge in [0.25, 0.3) is 0 Å². The maximum atomic E-state index is 13.0. The highest BCUT2D eigenvalue weighted by Crippen LogP contribution is 2.20. The number of benzene rings is 2. The van der Waals surface area contributed by atoms with Crippen LogP contribution in [0.3, 0.4) is 0 Å². The van der Waals surface area contributed by atoms with Crippen LogP contribution in [0.2, 0.25) is 0 Å². The number of hydrogen-bond donors (Lipinski definition) is 2. The van der Waals surface area contributed by atoms with Crippen LogP contribution < -0.4 is 5.32 Å². The van der Waals surface area contributed by atoms with E-state index in [-0.39, 0.29) is 12.0 Å². The molecule has 2 N–H and O–H groups in total. The molecule has 8 heteroatoms. The Morgan fingerprint density at radius 3 is 2.44 bits per heavy atom. The number of para-hydroxylation sites is 1. The van der Waals surface area contributed by atoms with Crippen molar-refractivity contribution in [3.63, 3.8) is 0 Å². The lowest BCUT2D eigenvalue weighted by Crippen LogP contribution is -2.45. The summed E-state index contributed by atoms with van der Waals surface area (Å²) in [6.45, 7) is 4.59. The number of ketones is 1. The molecule has 0 saturated carbocycles. The molecular weight excluding hydrogens is 415 g/mol. The minimum atomic E-state index is -1.08. The first-order chi connectivity index (χ1) is 15.1. The van der Waals surface area contributed by atoms with Crippen LogP contribution in [0, 0.1) is 5.82 Å². The summed E-state index contributed by atoms with van der Waals surface area (Å²) < 4.78 is 23.5. The van der Waals surface area contributed by atoms with Gasteiger partial charge in [-0.05, 0) is 56.7 Å². The molecule has 0 fully saturated rings. The number of alkyl carbamates (subject to hydrolysis) is 1. The van der Waals surface area contributed by atoms with E-state index >= 15 is 0 Å². The van der Waals surface area contributed by atoms with Gasteiger partial charge in [0.15, 0.2) is 12.4 Å². The average molecular weight is 440 g/mol. The summed E-state index contributed by atoms with van der Waals surface area (Å²) in [5.74, 6) is -1.74. The van der Waals surface area contributed by atoms with Gasteiger partial charge in [0.2, 0.25) is 0 Å². The number of carbonyl (C=O) groups excluding carboxylic acids is 3. The quantitative estimate of drug-likeness (QED) is 0.425. The van der Waals surface area contributed by atoms with E-state index in [0.717, 1.165) is 28.6 Å². The van der Waals surface area contributed by atoms with E-state index in [1.54, 1.807) is 27.0 Å². The van der Waals surface area contributed by atoms with Crippen molar-refractivity contribution in [3.05, 3.63) is 71.7 Å². The molecule has 32 heavy (non-hydrogen) atoms. The number of H-pyrrole nitrogens is 1. The number of nitrogens with one attached hydrogen (secondary N) is 2. The van der Waals surface area contributed by atoms with Crippen LogP contribution in [0.5, 0.6) is 0 Å². The fourth-order valence-corrected chi connectivity index (χ4v) is 3.12. The molecule has 7 nitrogen and oxygen atoms in total. The van der Waals surface area contributed by atoms with E-state index in [2.05, 4.69) is 10.3 Å². The SMILES string of the molecule is CC(C)(C)OC(=O)N[C@@H](Cc1c[nH]c2ccccc12)C(=O)OCC(=O)c1ccc(F)cc1.